The zero-order valence-corrected chi connectivity index (χ0v) is 12.9. The normalized spacial score (nSPS) is 11.2. The third-order valence-corrected chi connectivity index (χ3v) is 4.12. The van der Waals surface area contributed by atoms with Crippen molar-refractivity contribution in [1.82, 2.24) is 9.38 Å². The Kier molecular flexibility index (Phi) is 3.52. The molecule has 0 unspecified atom stereocenters. The van der Waals surface area contributed by atoms with Crippen molar-refractivity contribution in [2.45, 2.75) is 27.2 Å². The van der Waals surface area contributed by atoms with Gasteiger partial charge in [-0.3, -0.25) is 0 Å². The molecule has 0 bridgehead atoms. The molecule has 0 radical (unpaired) electrons. The zero-order valence-electron chi connectivity index (χ0n) is 12.9. The van der Waals surface area contributed by atoms with Crippen LogP contribution >= 0.6 is 0 Å². The first-order valence-corrected chi connectivity index (χ1v) is 7.36. The number of imidazole rings is 1. The summed E-state index contributed by atoms with van der Waals surface area (Å²) in [5.74, 6) is 0. The van der Waals surface area contributed by atoms with Crippen molar-refractivity contribution in [3.63, 3.8) is 0 Å². The highest BCUT2D eigenvalue weighted by molar-refractivity contribution is 5.70. The van der Waals surface area contributed by atoms with Crippen LogP contribution in [-0.4, -0.2) is 15.9 Å². The molecule has 0 amide bonds. The highest BCUT2D eigenvalue weighted by atomic mass is 15.0. The lowest BCUT2D eigenvalue weighted by atomic mass is 9.99. The molecular weight excluding hydrogens is 258 g/mol. The summed E-state index contributed by atoms with van der Waals surface area (Å²) in [4.78, 5) is 4.87. The van der Waals surface area contributed by atoms with Gasteiger partial charge in [0.25, 0.3) is 0 Å². The van der Waals surface area contributed by atoms with Crippen LogP contribution in [0.1, 0.15) is 22.4 Å². The summed E-state index contributed by atoms with van der Waals surface area (Å²) in [5.41, 5.74) is 14.1. The van der Waals surface area contributed by atoms with E-state index in [-0.39, 0.29) is 0 Å². The number of benzene rings is 1. The molecule has 2 heterocycles. The van der Waals surface area contributed by atoms with E-state index in [1.54, 1.807) is 0 Å². The molecule has 0 aliphatic rings. The predicted octanol–water partition coefficient (Wildman–Crippen LogP) is 3.43. The first-order valence-electron chi connectivity index (χ1n) is 7.36. The molecule has 0 aliphatic heterocycles. The lowest BCUT2D eigenvalue weighted by Crippen LogP contribution is -2.06. The van der Waals surface area contributed by atoms with E-state index in [1.807, 2.05) is 0 Å². The van der Waals surface area contributed by atoms with E-state index in [9.17, 15) is 0 Å². The average molecular weight is 279 g/mol. The van der Waals surface area contributed by atoms with E-state index in [1.165, 1.54) is 27.9 Å². The van der Waals surface area contributed by atoms with Crippen molar-refractivity contribution in [2.24, 2.45) is 5.73 Å². The molecule has 0 saturated heterocycles. The molecule has 2 N–H and O–H groups in total. The van der Waals surface area contributed by atoms with Gasteiger partial charge in [0.05, 0.1) is 11.4 Å². The second-order valence-electron chi connectivity index (χ2n) is 5.63. The fourth-order valence-corrected chi connectivity index (χ4v) is 2.80. The first-order chi connectivity index (χ1) is 10.1. The van der Waals surface area contributed by atoms with Crippen molar-refractivity contribution < 1.29 is 0 Å². The van der Waals surface area contributed by atoms with Crippen molar-refractivity contribution in [1.29, 1.82) is 0 Å². The van der Waals surface area contributed by atoms with Gasteiger partial charge in [0, 0.05) is 18.2 Å². The Morgan fingerprint density at radius 1 is 1.14 bits per heavy atom. The minimum absolute atomic E-state index is 0.625. The van der Waals surface area contributed by atoms with Crippen molar-refractivity contribution in [3.8, 4) is 11.3 Å². The Morgan fingerprint density at radius 3 is 2.71 bits per heavy atom. The minimum Gasteiger partial charge on any atom is -0.330 e. The number of pyridine rings is 1. The SMILES string of the molecule is Cc1ccn2c(CCN)c(-c3cccc(C)c3C)nc2c1. The van der Waals surface area contributed by atoms with Crippen LogP contribution in [0, 0.1) is 20.8 Å². The third-order valence-electron chi connectivity index (χ3n) is 4.12. The summed E-state index contributed by atoms with van der Waals surface area (Å²) in [6.45, 7) is 7.02. The maximum absolute atomic E-state index is 5.81. The fourth-order valence-electron chi connectivity index (χ4n) is 2.80. The van der Waals surface area contributed by atoms with Gasteiger partial charge in [0.15, 0.2) is 0 Å². The van der Waals surface area contributed by atoms with Gasteiger partial charge >= 0.3 is 0 Å². The van der Waals surface area contributed by atoms with Crippen LogP contribution in [-0.2, 0) is 6.42 Å². The number of nitrogens with two attached hydrogens (primary N) is 1. The monoisotopic (exact) mass is 279 g/mol. The number of nitrogens with zero attached hydrogens (tertiary/aromatic N) is 2. The maximum atomic E-state index is 5.81. The van der Waals surface area contributed by atoms with Crippen molar-refractivity contribution >= 4 is 5.65 Å². The molecule has 3 nitrogen and oxygen atoms in total. The first kappa shape index (κ1) is 13.8. The number of fused-ring (bicyclic) bond motifs is 1. The molecule has 3 rings (SSSR count). The van der Waals surface area contributed by atoms with Crippen molar-refractivity contribution in [2.75, 3.05) is 6.54 Å². The molecule has 3 aromatic rings. The van der Waals surface area contributed by atoms with E-state index in [0.29, 0.717) is 6.54 Å². The van der Waals surface area contributed by atoms with Crippen LogP contribution in [0.4, 0.5) is 0 Å². The Balaban J connectivity index is 2.30. The molecule has 0 aliphatic carbocycles. The fraction of sp³-hybridized carbons (Fsp3) is 0.278. The van der Waals surface area contributed by atoms with Crippen molar-refractivity contribution in [3.05, 3.63) is 58.9 Å². The molecular formula is C18H21N3. The van der Waals surface area contributed by atoms with E-state index in [0.717, 1.165) is 17.8 Å². The largest absolute Gasteiger partial charge is 0.330 e. The van der Waals surface area contributed by atoms with E-state index in [4.69, 9.17) is 10.7 Å². The Hall–Kier alpha value is -2.13. The van der Waals surface area contributed by atoms with Gasteiger partial charge in [0.1, 0.15) is 5.65 Å². The minimum atomic E-state index is 0.625. The van der Waals surface area contributed by atoms with Crippen LogP contribution in [0.3, 0.4) is 0 Å². The molecule has 3 heteroatoms. The second kappa shape index (κ2) is 5.34. The van der Waals surface area contributed by atoms with Gasteiger partial charge in [-0.15, -0.1) is 0 Å². The lowest BCUT2D eigenvalue weighted by Gasteiger charge is -2.09. The number of rotatable bonds is 3. The van der Waals surface area contributed by atoms with Crippen LogP contribution in [0.15, 0.2) is 36.5 Å². The summed E-state index contributed by atoms with van der Waals surface area (Å²) in [6, 6.07) is 10.6. The van der Waals surface area contributed by atoms with Crippen LogP contribution < -0.4 is 5.73 Å². The summed E-state index contributed by atoms with van der Waals surface area (Å²) in [5, 5.41) is 0. The third kappa shape index (κ3) is 2.34. The number of hydrogen-bond acceptors (Lipinski definition) is 2. The summed E-state index contributed by atoms with van der Waals surface area (Å²) in [7, 11) is 0. The standard InChI is InChI=1S/C18H21N3/c1-12-8-10-21-16(7-9-19)18(20-17(21)11-12)15-6-4-5-13(2)14(15)3/h4-6,8,10-11H,7,9,19H2,1-3H3. The zero-order chi connectivity index (χ0) is 15.0. The Bertz CT molecular complexity index is 800. The van der Waals surface area contributed by atoms with Crippen LogP contribution in [0.5, 0.6) is 0 Å². The van der Waals surface area contributed by atoms with E-state index >= 15 is 0 Å². The predicted molar refractivity (Wildman–Crippen MR) is 87.6 cm³/mol. The van der Waals surface area contributed by atoms with Crippen LogP contribution in [0.2, 0.25) is 0 Å². The van der Waals surface area contributed by atoms with Crippen LogP contribution in [0.25, 0.3) is 16.9 Å². The molecule has 0 spiro atoms. The molecule has 21 heavy (non-hydrogen) atoms. The molecule has 0 atom stereocenters. The summed E-state index contributed by atoms with van der Waals surface area (Å²) in [6.07, 6.45) is 2.92. The highest BCUT2D eigenvalue weighted by Crippen LogP contribution is 2.29. The number of hydrogen-bond donors (Lipinski definition) is 1. The molecule has 0 fully saturated rings. The van der Waals surface area contributed by atoms with E-state index < -0.39 is 0 Å². The van der Waals surface area contributed by atoms with Gasteiger partial charge in [-0.25, -0.2) is 4.98 Å². The summed E-state index contributed by atoms with van der Waals surface area (Å²) < 4.78 is 2.16. The second-order valence-corrected chi connectivity index (χ2v) is 5.63. The lowest BCUT2D eigenvalue weighted by molar-refractivity contribution is 0.906. The molecule has 108 valence electrons. The maximum Gasteiger partial charge on any atom is 0.137 e. The topological polar surface area (TPSA) is 43.3 Å². The van der Waals surface area contributed by atoms with Gasteiger partial charge in [-0.1, -0.05) is 18.2 Å². The molecule has 2 aromatic heterocycles. The molecule has 1 aromatic carbocycles. The molecule has 0 saturated carbocycles. The van der Waals surface area contributed by atoms with E-state index in [2.05, 4.69) is 61.7 Å². The van der Waals surface area contributed by atoms with Gasteiger partial charge < -0.3 is 10.1 Å². The summed E-state index contributed by atoms with van der Waals surface area (Å²) >= 11 is 0. The average Bonchev–Trinajstić information content (AvgIpc) is 2.80. The Labute approximate surface area is 125 Å². The van der Waals surface area contributed by atoms with Gasteiger partial charge in [0.2, 0.25) is 0 Å². The van der Waals surface area contributed by atoms with Gasteiger partial charge in [-0.2, -0.15) is 0 Å². The highest BCUT2D eigenvalue weighted by Gasteiger charge is 2.15. The Morgan fingerprint density at radius 2 is 1.95 bits per heavy atom. The van der Waals surface area contributed by atoms with Gasteiger partial charge in [-0.05, 0) is 56.1 Å². The number of aryl methyl sites for hydroxylation is 2. The quantitative estimate of drug-likeness (QED) is 0.798. The number of aromatic nitrogens is 2. The smallest absolute Gasteiger partial charge is 0.137 e.